The Hall–Kier alpha value is -2.87. The Morgan fingerprint density at radius 2 is 1.80 bits per heavy atom. The molecule has 0 bridgehead atoms. The molecule has 0 aromatic heterocycles. The van der Waals surface area contributed by atoms with Crippen LogP contribution in [0.3, 0.4) is 0 Å². The summed E-state index contributed by atoms with van der Waals surface area (Å²) in [6.07, 6.45) is 3.20. The van der Waals surface area contributed by atoms with Crippen molar-refractivity contribution in [3.8, 4) is 11.5 Å². The summed E-state index contributed by atoms with van der Waals surface area (Å²) >= 11 is 3.41. The van der Waals surface area contributed by atoms with Gasteiger partial charge in [-0.3, -0.25) is 9.59 Å². The Morgan fingerprint density at radius 1 is 1.03 bits per heavy atom. The van der Waals surface area contributed by atoms with Crippen LogP contribution in [0.4, 0.5) is 0 Å². The lowest BCUT2D eigenvalue weighted by Crippen LogP contribution is -2.38. The molecule has 0 saturated carbocycles. The van der Waals surface area contributed by atoms with Crippen molar-refractivity contribution in [3.05, 3.63) is 58.1 Å². The molecule has 0 heterocycles. The maximum absolute atomic E-state index is 11.7. The minimum atomic E-state index is -0.804. The lowest BCUT2D eigenvalue weighted by molar-refractivity contribution is -0.139. The average molecular weight is 476 g/mol. The summed E-state index contributed by atoms with van der Waals surface area (Å²) in [4.78, 5) is 23.3. The highest BCUT2D eigenvalue weighted by Gasteiger charge is 2.11. The highest BCUT2D eigenvalue weighted by Crippen LogP contribution is 2.29. The SMILES string of the molecule is CCCCNC(=O)C(=O)N/N=C/c1ccc(OCc2ccc(Br)cc2)c(OCC)c1. The molecular formula is C22H26BrN3O4. The van der Waals surface area contributed by atoms with E-state index >= 15 is 0 Å². The van der Waals surface area contributed by atoms with Crippen molar-refractivity contribution in [3.63, 3.8) is 0 Å². The lowest BCUT2D eigenvalue weighted by atomic mass is 10.2. The van der Waals surface area contributed by atoms with Crippen LogP contribution in [0, 0.1) is 0 Å². The first-order chi connectivity index (χ1) is 14.5. The number of rotatable bonds is 10. The number of ether oxygens (including phenoxy) is 2. The molecule has 0 aliphatic rings. The fourth-order valence-corrected chi connectivity index (χ4v) is 2.67. The van der Waals surface area contributed by atoms with E-state index in [1.807, 2.05) is 38.1 Å². The normalized spacial score (nSPS) is 10.6. The van der Waals surface area contributed by atoms with Crippen molar-refractivity contribution in [1.82, 2.24) is 10.7 Å². The molecule has 0 fully saturated rings. The van der Waals surface area contributed by atoms with Crippen molar-refractivity contribution in [2.75, 3.05) is 13.2 Å². The second kappa shape index (κ2) is 12.6. The molecule has 0 aliphatic heterocycles. The Labute approximate surface area is 185 Å². The van der Waals surface area contributed by atoms with Crippen LogP contribution in [0.25, 0.3) is 0 Å². The smallest absolute Gasteiger partial charge is 0.329 e. The molecule has 2 rings (SSSR count). The molecule has 0 spiro atoms. The Bertz CT molecular complexity index is 869. The summed E-state index contributed by atoms with van der Waals surface area (Å²) in [5.41, 5.74) is 3.95. The van der Waals surface area contributed by atoms with Gasteiger partial charge >= 0.3 is 11.8 Å². The van der Waals surface area contributed by atoms with Crippen molar-refractivity contribution < 1.29 is 19.1 Å². The topological polar surface area (TPSA) is 89.0 Å². The largest absolute Gasteiger partial charge is 0.490 e. The van der Waals surface area contributed by atoms with Crippen LogP contribution in [-0.4, -0.2) is 31.2 Å². The van der Waals surface area contributed by atoms with Gasteiger partial charge in [-0.25, -0.2) is 5.43 Å². The number of halogens is 1. The minimum Gasteiger partial charge on any atom is -0.490 e. The highest BCUT2D eigenvalue weighted by molar-refractivity contribution is 9.10. The molecule has 2 N–H and O–H groups in total. The van der Waals surface area contributed by atoms with E-state index in [2.05, 4.69) is 31.8 Å². The number of unbranched alkanes of at least 4 members (excludes halogenated alkanes) is 1. The molecule has 0 aliphatic carbocycles. The number of benzene rings is 2. The monoisotopic (exact) mass is 475 g/mol. The Morgan fingerprint density at radius 3 is 2.50 bits per heavy atom. The summed E-state index contributed by atoms with van der Waals surface area (Å²) in [5.74, 6) is -0.326. The van der Waals surface area contributed by atoms with Crippen LogP contribution in [0.5, 0.6) is 11.5 Å². The van der Waals surface area contributed by atoms with Gasteiger partial charge in [0.25, 0.3) is 0 Å². The number of hydrogen-bond acceptors (Lipinski definition) is 5. The third kappa shape index (κ3) is 7.87. The molecule has 2 aromatic carbocycles. The minimum absolute atomic E-state index is 0.407. The molecule has 7 nitrogen and oxygen atoms in total. The zero-order valence-electron chi connectivity index (χ0n) is 17.1. The summed E-state index contributed by atoms with van der Waals surface area (Å²) in [6.45, 7) is 5.24. The van der Waals surface area contributed by atoms with Crippen molar-refractivity contribution in [2.24, 2.45) is 5.10 Å². The first-order valence-electron chi connectivity index (χ1n) is 9.78. The number of carbonyl (C=O) groups is 2. The van der Waals surface area contributed by atoms with Gasteiger partial charge in [-0.05, 0) is 54.8 Å². The summed E-state index contributed by atoms with van der Waals surface area (Å²) in [5, 5.41) is 6.37. The van der Waals surface area contributed by atoms with Gasteiger partial charge in [-0.2, -0.15) is 5.10 Å². The van der Waals surface area contributed by atoms with Gasteiger partial charge in [0.1, 0.15) is 6.61 Å². The van der Waals surface area contributed by atoms with Crippen LogP contribution in [0.2, 0.25) is 0 Å². The van der Waals surface area contributed by atoms with Crippen LogP contribution in [0.1, 0.15) is 37.8 Å². The van der Waals surface area contributed by atoms with Gasteiger partial charge in [-0.1, -0.05) is 41.4 Å². The molecule has 0 atom stereocenters. The second-order valence-corrected chi connectivity index (χ2v) is 7.28. The third-order valence-corrected chi connectivity index (χ3v) is 4.51. The quantitative estimate of drug-likeness (QED) is 0.236. The average Bonchev–Trinajstić information content (AvgIpc) is 2.74. The third-order valence-electron chi connectivity index (χ3n) is 3.98. The van der Waals surface area contributed by atoms with E-state index in [0.29, 0.717) is 36.8 Å². The number of nitrogens with zero attached hydrogens (tertiary/aromatic N) is 1. The lowest BCUT2D eigenvalue weighted by Gasteiger charge is -2.12. The van der Waals surface area contributed by atoms with Gasteiger partial charge in [0, 0.05) is 11.0 Å². The van der Waals surface area contributed by atoms with Gasteiger partial charge < -0.3 is 14.8 Å². The second-order valence-electron chi connectivity index (χ2n) is 6.36. The molecule has 30 heavy (non-hydrogen) atoms. The summed E-state index contributed by atoms with van der Waals surface area (Å²) in [7, 11) is 0. The maximum atomic E-state index is 11.7. The maximum Gasteiger partial charge on any atom is 0.329 e. The number of hydrazone groups is 1. The molecular weight excluding hydrogens is 450 g/mol. The van der Waals surface area contributed by atoms with Gasteiger partial charge in [-0.15, -0.1) is 0 Å². The van der Waals surface area contributed by atoms with Crippen molar-refractivity contribution in [2.45, 2.75) is 33.3 Å². The molecule has 0 unspecified atom stereocenters. The molecule has 0 radical (unpaired) electrons. The number of hydrogen-bond donors (Lipinski definition) is 2. The van der Waals surface area contributed by atoms with Gasteiger partial charge in [0.05, 0.1) is 12.8 Å². The van der Waals surface area contributed by atoms with Crippen LogP contribution >= 0.6 is 15.9 Å². The standard InChI is InChI=1S/C22H26BrN3O4/c1-3-5-12-24-21(27)22(28)26-25-14-17-8-11-19(20(13-17)29-4-2)30-15-16-6-9-18(23)10-7-16/h6-11,13-14H,3-5,12,15H2,1-2H3,(H,24,27)(H,26,28)/b25-14+. The molecule has 160 valence electrons. The first-order valence-corrected chi connectivity index (χ1v) is 10.6. The number of nitrogens with one attached hydrogen (secondary N) is 2. The van der Waals surface area contributed by atoms with Crippen molar-refractivity contribution in [1.29, 1.82) is 0 Å². The van der Waals surface area contributed by atoms with E-state index in [1.54, 1.807) is 18.2 Å². The van der Waals surface area contributed by atoms with E-state index in [0.717, 1.165) is 22.9 Å². The van der Waals surface area contributed by atoms with Gasteiger partial charge in [0.15, 0.2) is 11.5 Å². The first kappa shape index (κ1) is 23.4. The number of carbonyl (C=O) groups excluding carboxylic acids is 2. The molecule has 2 amide bonds. The zero-order valence-corrected chi connectivity index (χ0v) is 18.7. The summed E-state index contributed by atoms with van der Waals surface area (Å²) in [6, 6.07) is 13.2. The molecule has 8 heteroatoms. The summed E-state index contributed by atoms with van der Waals surface area (Å²) < 4.78 is 12.6. The van der Waals surface area contributed by atoms with E-state index in [-0.39, 0.29) is 0 Å². The van der Waals surface area contributed by atoms with E-state index in [4.69, 9.17) is 9.47 Å². The number of amides is 2. The van der Waals surface area contributed by atoms with E-state index < -0.39 is 11.8 Å². The van der Waals surface area contributed by atoms with Crippen LogP contribution < -0.4 is 20.2 Å². The van der Waals surface area contributed by atoms with Gasteiger partial charge in [0.2, 0.25) is 0 Å². The zero-order chi connectivity index (χ0) is 21.8. The Balaban J connectivity index is 1.96. The fourth-order valence-electron chi connectivity index (χ4n) is 2.41. The van der Waals surface area contributed by atoms with Crippen molar-refractivity contribution >= 4 is 34.0 Å². The van der Waals surface area contributed by atoms with Crippen LogP contribution in [-0.2, 0) is 16.2 Å². The van der Waals surface area contributed by atoms with E-state index in [9.17, 15) is 9.59 Å². The fraction of sp³-hybridized carbons (Fsp3) is 0.318. The molecule has 2 aromatic rings. The predicted octanol–water partition coefficient (Wildman–Crippen LogP) is 3.79. The highest BCUT2D eigenvalue weighted by atomic mass is 79.9. The van der Waals surface area contributed by atoms with Crippen LogP contribution in [0.15, 0.2) is 52.0 Å². The Kier molecular flexibility index (Phi) is 9.86. The van der Waals surface area contributed by atoms with E-state index in [1.165, 1.54) is 6.21 Å². The molecule has 0 saturated heterocycles. The predicted molar refractivity (Wildman–Crippen MR) is 120 cm³/mol.